The number of rotatable bonds is 3. The van der Waals surface area contributed by atoms with Gasteiger partial charge in [-0.1, -0.05) is 30.3 Å². The Kier molecular flexibility index (Phi) is 4.47. The van der Waals surface area contributed by atoms with Crippen LogP contribution in [0.25, 0.3) is 22.0 Å². The molecular weight excluding hydrogens is 324 g/mol. The van der Waals surface area contributed by atoms with Gasteiger partial charge in [0, 0.05) is 28.9 Å². The van der Waals surface area contributed by atoms with Gasteiger partial charge in [-0.25, -0.2) is 0 Å². The number of aryl methyl sites for hydroxylation is 2. The number of piperidine rings is 1. The van der Waals surface area contributed by atoms with Crippen LogP contribution in [0.2, 0.25) is 0 Å². The zero-order valence-electron chi connectivity index (χ0n) is 15.2. The Balaban J connectivity index is 1.82. The van der Waals surface area contributed by atoms with Gasteiger partial charge in [-0.15, -0.1) is 10.2 Å². The molecule has 3 aromatic rings. The van der Waals surface area contributed by atoms with Gasteiger partial charge < -0.3 is 15.7 Å². The molecule has 0 spiro atoms. The second-order valence-corrected chi connectivity index (χ2v) is 7.11. The summed E-state index contributed by atoms with van der Waals surface area (Å²) in [6.07, 6.45) is 2.29. The predicted molar refractivity (Wildman–Crippen MR) is 106 cm³/mol. The van der Waals surface area contributed by atoms with Crippen molar-refractivity contribution in [2.75, 3.05) is 18.4 Å². The maximum Gasteiger partial charge on any atom is 0.156 e. The molecule has 2 aromatic carbocycles. The van der Waals surface area contributed by atoms with E-state index in [0.29, 0.717) is 6.04 Å². The van der Waals surface area contributed by atoms with E-state index < -0.39 is 0 Å². The fourth-order valence-corrected chi connectivity index (χ4v) is 3.82. The minimum atomic E-state index is 0.249. The van der Waals surface area contributed by atoms with E-state index in [2.05, 4.69) is 33.0 Å². The lowest BCUT2D eigenvalue weighted by atomic mass is 9.98. The number of fused-ring (bicyclic) bond motifs is 1. The highest BCUT2D eigenvalue weighted by Gasteiger charge is 2.19. The van der Waals surface area contributed by atoms with Crippen LogP contribution in [-0.2, 0) is 0 Å². The number of phenols is 1. The number of phenolic OH excluding ortho intramolecular Hbond substituents is 1. The molecule has 0 unspecified atom stereocenters. The van der Waals surface area contributed by atoms with Gasteiger partial charge in [-0.05, 0) is 50.4 Å². The fourth-order valence-electron chi connectivity index (χ4n) is 3.82. The normalized spacial score (nSPS) is 17.4. The van der Waals surface area contributed by atoms with Crippen molar-refractivity contribution in [3.05, 3.63) is 47.5 Å². The third-order valence-electron chi connectivity index (χ3n) is 5.02. The van der Waals surface area contributed by atoms with Crippen LogP contribution in [0, 0.1) is 13.8 Å². The zero-order valence-corrected chi connectivity index (χ0v) is 15.2. The summed E-state index contributed by atoms with van der Waals surface area (Å²) in [5.74, 6) is 1.06. The standard InChI is InChI=1S/C21H24N4O/c1-13-10-14(2)19(18(26)11-13)20-16-7-3-4-8-17(16)21(25-24-20)23-15-6-5-9-22-12-15/h3-4,7-8,10-11,15,22,26H,5-6,9,12H2,1-2H3,(H,23,25)/t15-/m1/s1. The van der Waals surface area contributed by atoms with Crippen molar-refractivity contribution in [3.63, 3.8) is 0 Å². The van der Waals surface area contributed by atoms with Crippen molar-refractivity contribution in [1.29, 1.82) is 0 Å². The molecule has 0 saturated carbocycles. The van der Waals surface area contributed by atoms with E-state index in [4.69, 9.17) is 0 Å². The van der Waals surface area contributed by atoms with Gasteiger partial charge in [0.25, 0.3) is 0 Å². The molecule has 5 nitrogen and oxygen atoms in total. The minimum Gasteiger partial charge on any atom is -0.507 e. The Morgan fingerprint density at radius 3 is 2.65 bits per heavy atom. The summed E-state index contributed by atoms with van der Waals surface area (Å²) in [5.41, 5.74) is 3.51. The number of benzene rings is 2. The van der Waals surface area contributed by atoms with Crippen molar-refractivity contribution in [2.24, 2.45) is 0 Å². The maximum absolute atomic E-state index is 10.5. The molecule has 0 radical (unpaired) electrons. The van der Waals surface area contributed by atoms with E-state index in [-0.39, 0.29) is 5.75 Å². The van der Waals surface area contributed by atoms with Crippen LogP contribution >= 0.6 is 0 Å². The highest BCUT2D eigenvalue weighted by molar-refractivity contribution is 6.01. The molecule has 0 amide bonds. The van der Waals surface area contributed by atoms with Crippen LogP contribution < -0.4 is 10.6 Å². The highest BCUT2D eigenvalue weighted by Crippen LogP contribution is 2.37. The molecule has 0 bridgehead atoms. The number of anilines is 1. The molecule has 4 rings (SSSR count). The number of aromatic hydroxyl groups is 1. The summed E-state index contributed by atoms with van der Waals surface area (Å²) in [6.45, 7) is 6.00. The van der Waals surface area contributed by atoms with E-state index >= 15 is 0 Å². The van der Waals surface area contributed by atoms with Crippen molar-refractivity contribution < 1.29 is 5.11 Å². The summed E-state index contributed by atoms with van der Waals surface area (Å²) >= 11 is 0. The molecule has 5 heteroatoms. The lowest BCUT2D eigenvalue weighted by Crippen LogP contribution is -2.38. The molecule has 3 N–H and O–H groups in total. The monoisotopic (exact) mass is 348 g/mol. The van der Waals surface area contributed by atoms with E-state index in [9.17, 15) is 5.11 Å². The first-order valence-corrected chi connectivity index (χ1v) is 9.17. The van der Waals surface area contributed by atoms with E-state index in [1.807, 2.05) is 32.0 Å². The van der Waals surface area contributed by atoms with Gasteiger partial charge >= 0.3 is 0 Å². The van der Waals surface area contributed by atoms with E-state index in [1.165, 1.54) is 0 Å². The molecule has 1 aliphatic rings. The quantitative estimate of drug-likeness (QED) is 0.672. The maximum atomic E-state index is 10.5. The summed E-state index contributed by atoms with van der Waals surface area (Å²) in [5, 5.41) is 28.5. The Morgan fingerprint density at radius 2 is 1.92 bits per heavy atom. The molecule has 134 valence electrons. The summed E-state index contributed by atoms with van der Waals surface area (Å²) < 4.78 is 0. The lowest BCUT2D eigenvalue weighted by molar-refractivity contribution is 0.476. The Bertz CT molecular complexity index is 925. The molecule has 1 atom stereocenters. The van der Waals surface area contributed by atoms with Gasteiger partial charge in [0.1, 0.15) is 11.4 Å². The first kappa shape index (κ1) is 16.8. The molecule has 1 saturated heterocycles. The largest absolute Gasteiger partial charge is 0.507 e. The second-order valence-electron chi connectivity index (χ2n) is 7.11. The Morgan fingerprint density at radius 1 is 1.12 bits per heavy atom. The summed E-state index contributed by atoms with van der Waals surface area (Å²) in [4.78, 5) is 0. The SMILES string of the molecule is Cc1cc(C)c(-c2nnc(N[C@@H]3CCCNC3)c3ccccc23)c(O)c1. The molecule has 0 aliphatic carbocycles. The van der Waals surface area contributed by atoms with Crippen molar-refractivity contribution >= 4 is 16.6 Å². The Hall–Kier alpha value is -2.66. The lowest BCUT2D eigenvalue weighted by Gasteiger charge is -2.25. The van der Waals surface area contributed by atoms with Crippen LogP contribution in [-0.4, -0.2) is 34.4 Å². The van der Waals surface area contributed by atoms with Crippen LogP contribution in [0.15, 0.2) is 36.4 Å². The van der Waals surface area contributed by atoms with E-state index in [1.54, 1.807) is 6.07 Å². The zero-order chi connectivity index (χ0) is 18.1. The third-order valence-corrected chi connectivity index (χ3v) is 5.02. The molecule has 2 heterocycles. The first-order valence-electron chi connectivity index (χ1n) is 9.17. The Labute approximate surface area is 153 Å². The smallest absolute Gasteiger partial charge is 0.156 e. The second kappa shape index (κ2) is 6.92. The fraction of sp³-hybridized carbons (Fsp3) is 0.333. The molecule has 1 aliphatic heterocycles. The summed E-state index contributed by atoms with van der Waals surface area (Å²) in [7, 11) is 0. The summed E-state index contributed by atoms with van der Waals surface area (Å²) in [6, 6.07) is 12.3. The van der Waals surface area contributed by atoms with Gasteiger partial charge in [0.2, 0.25) is 0 Å². The average Bonchev–Trinajstić information content (AvgIpc) is 2.63. The van der Waals surface area contributed by atoms with Crippen LogP contribution in [0.1, 0.15) is 24.0 Å². The van der Waals surface area contributed by atoms with Gasteiger partial charge in [-0.2, -0.15) is 0 Å². The number of hydrogen-bond acceptors (Lipinski definition) is 5. The van der Waals surface area contributed by atoms with Gasteiger partial charge in [-0.3, -0.25) is 0 Å². The number of aromatic nitrogens is 2. The number of nitrogens with zero attached hydrogens (tertiary/aromatic N) is 2. The first-order chi connectivity index (χ1) is 12.6. The van der Waals surface area contributed by atoms with E-state index in [0.717, 1.165) is 64.9 Å². The average molecular weight is 348 g/mol. The number of nitrogens with one attached hydrogen (secondary N) is 2. The number of hydrogen-bond donors (Lipinski definition) is 3. The molecule has 1 fully saturated rings. The van der Waals surface area contributed by atoms with Crippen LogP contribution in [0.3, 0.4) is 0 Å². The van der Waals surface area contributed by atoms with Gasteiger partial charge in [0.15, 0.2) is 5.82 Å². The molecular formula is C21H24N4O. The predicted octanol–water partition coefficient (Wildman–Crippen LogP) is 3.78. The molecule has 1 aromatic heterocycles. The highest BCUT2D eigenvalue weighted by atomic mass is 16.3. The van der Waals surface area contributed by atoms with Crippen LogP contribution in [0.4, 0.5) is 5.82 Å². The topological polar surface area (TPSA) is 70.1 Å². The minimum absolute atomic E-state index is 0.249. The van der Waals surface area contributed by atoms with Crippen molar-refractivity contribution in [3.8, 4) is 17.0 Å². The molecule has 26 heavy (non-hydrogen) atoms. The van der Waals surface area contributed by atoms with Gasteiger partial charge in [0.05, 0.1) is 0 Å². The van der Waals surface area contributed by atoms with Crippen molar-refractivity contribution in [1.82, 2.24) is 15.5 Å². The van der Waals surface area contributed by atoms with Crippen molar-refractivity contribution in [2.45, 2.75) is 32.7 Å². The third kappa shape index (κ3) is 3.10. The van der Waals surface area contributed by atoms with Crippen LogP contribution in [0.5, 0.6) is 5.75 Å².